The van der Waals surface area contributed by atoms with Crippen LogP contribution in [0.4, 0.5) is 5.69 Å². The fourth-order valence-corrected chi connectivity index (χ4v) is 3.68. The highest BCUT2D eigenvalue weighted by atomic mass is 35.5. The standard InChI is InChI=1S/C18H16ClN3OS2/c1-24-17-6-5-14(10-20-17)21-16(23)9-15-11-25-18(22-15)8-12-3-2-4-13(19)7-12/h2-7,10-11H,8-9H2,1H3,(H,21,23). The van der Waals surface area contributed by atoms with Crippen LogP contribution in [-0.4, -0.2) is 22.1 Å². The van der Waals surface area contributed by atoms with E-state index < -0.39 is 0 Å². The predicted molar refractivity (Wildman–Crippen MR) is 105 cm³/mol. The fraction of sp³-hybridized carbons (Fsp3) is 0.167. The molecule has 3 rings (SSSR count). The third kappa shape index (κ3) is 5.29. The van der Waals surface area contributed by atoms with E-state index in [1.807, 2.05) is 48.0 Å². The third-order valence-corrected chi connectivity index (χ3v) is 5.21. The van der Waals surface area contributed by atoms with E-state index in [9.17, 15) is 4.79 Å². The lowest BCUT2D eigenvalue weighted by molar-refractivity contribution is -0.115. The minimum absolute atomic E-state index is 0.0988. The average molecular weight is 390 g/mol. The number of benzene rings is 1. The van der Waals surface area contributed by atoms with E-state index in [1.54, 1.807) is 29.3 Å². The Hall–Kier alpha value is -1.89. The number of carbonyl (C=O) groups is 1. The first-order chi connectivity index (χ1) is 12.1. The van der Waals surface area contributed by atoms with Crippen molar-refractivity contribution in [1.82, 2.24) is 9.97 Å². The molecule has 1 aromatic carbocycles. The molecule has 0 fully saturated rings. The molecule has 128 valence electrons. The van der Waals surface area contributed by atoms with Crippen LogP contribution < -0.4 is 5.32 Å². The molecule has 0 aliphatic carbocycles. The Labute approximate surface area is 159 Å². The van der Waals surface area contributed by atoms with Gasteiger partial charge in [0.25, 0.3) is 0 Å². The molecule has 0 spiro atoms. The molecule has 7 heteroatoms. The normalized spacial score (nSPS) is 10.6. The number of anilines is 1. The second-order valence-corrected chi connectivity index (χ2v) is 7.56. The number of hydrogen-bond acceptors (Lipinski definition) is 5. The highest BCUT2D eigenvalue weighted by Gasteiger charge is 2.09. The molecule has 4 nitrogen and oxygen atoms in total. The summed E-state index contributed by atoms with van der Waals surface area (Å²) >= 11 is 9.12. The van der Waals surface area contributed by atoms with E-state index in [1.165, 1.54) is 0 Å². The summed E-state index contributed by atoms with van der Waals surface area (Å²) in [5.74, 6) is -0.0988. The van der Waals surface area contributed by atoms with Crippen LogP contribution in [0.2, 0.25) is 5.02 Å². The Kier molecular flexibility index (Phi) is 6.07. The number of aromatic nitrogens is 2. The van der Waals surface area contributed by atoms with Crippen LogP contribution in [0.3, 0.4) is 0 Å². The minimum Gasteiger partial charge on any atom is -0.324 e. The van der Waals surface area contributed by atoms with Gasteiger partial charge in [-0.3, -0.25) is 4.79 Å². The SMILES string of the molecule is CSc1ccc(NC(=O)Cc2csc(Cc3cccc(Cl)c3)n2)cn1. The molecule has 0 radical (unpaired) electrons. The van der Waals surface area contributed by atoms with E-state index in [4.69, 9.17) is 11.6 Å². The molecule has 3 aromatic rings. The Morgan fingerprint density at radius 2 is 2.20 bits per heavy atom. The maximum atomic E-state index is 12.2. The van der Waals surface area contributed by atoms with Gasteiger partial charge in [0.15, 0.2) is 0 Å². The molecule has 2 heterocycles. The van der Waals surface area contributed by atoms with Crippen molar-refractivity contribution >= 4 is 46.3 Å². The van der Waals surface area contributed by atoms with Crippen molar-refractivity contribution in [3.63, 3.8) is 0 Å². The monoisotopic (exact) mass is 389 g/mol. The van der Waals surface area contributed by atoms with E-state index in [0.29, 0.717) is 12.1 Å². The number of halogens is 1. The summed E-state index contributed by atoms with van der Waals surface area (Å²) in [6, 6.07) is 11.5. The number of nitrogens with zero attached hydrogens (tertiary/aromatic N) is 2. The van der Waals surface area contributed by atoms with Gasteiger partial charge in [0.05, 0.1) is 34.0 Å². The molecule has 0 unspecified atom stereocenters. The zero-order valence-corrected chi connectivity index (χ0v) is 15.9. The Bertz CT molecular complexity index is 865. The first-order valence-electron chi connectivity index (χ1n) is 7.60. The van der Waals surface area contributed by atoms with Gasteiger partial charge >= 0.3 is 0 Å². The second-order valence-electron chi connectivity index (χ2n) is 5.35. The molecule has 0 saturated heterocycles. The third-order valence-electron chi connectivity index (χ3n) is 3.41. The lowest BCUT2D eigenvalue weighted by Crippen LogP contribution is -2.14. The lowest BCUT2D eigenvalue weighted by Gasteiger charge is -2.04. The van der Waals surface area contributed by atoms with Crippen molar-refractivity contribution in [2.24, 2.45) is 0 Å². The summed E-state index contributed by atoms with van der Waals surface area (Å²) in [6.07, 6.45) is 4.59. The van der Waals surface area contributed by atoms with Gasteiger partial charge in [-0.05, 0) is 36.1 Å². The van der Waals surface area contributed by atoms with Crippen LogP contribution in [0.15, 0.2) is 53.0 Å². The average Bonchev–Trinajstić information content (AvgIpc) is 3.02. The second kappa shape index (κ2) is 8.47. The maximum Gasteiger partial charge on any atom is 0.230 e. The quantitative estimate of drug-likeness (QED) is 0.621. The fourth-order valence-electron chi connectivity index (χ4n) is 2.28. The molecule has 1 amide bonds. The van der Waals surface area contributed by atoms with Crippen molar-refractivity contribution in [1.29, 1.82) is 0 Å². The van der Waals surface area contributed by atoms with E-state index in [-0.39, 0.29) is 12.3 Å². The summed E-state index contributed by atoms with van der Waals surface area (Å²) in [5.41, 5.74) is 2.57. The van der Waals surface area contributed by atoms with E-state index >= 15 is 0 Å². The molecule has 0 aliphatic heterocycles. The highest BCUT2D eigenvalue weighted by Crippen LogP contribution is 2.18. The van der Waals surface area contributed by atoms with Gasteiger partial charge in [-0.1, -0.05) is 23.7 Å². The van der Waals surface area contributed by atoms with Gasteiger partial charge in [-0.2, -0.15) is 0 Å². The number of thioether (sulfide) groups is 1. The zero-order valence-electron chi connectivity index (χ0n) is 13.5. The van der Waals surface area contributed by atoms with Crippen LogP contribution in [0.5, 0.6) is 0 Å². The first-order valence-corrected chi connectivity index (χ1v) is 10.1. The summed E-state index contributed by atoms with van der Waals surface area (Å²) in [4.78, 5) is 20.9. The topological polar surface area (TPSA) is 54.9 Å². The van der Waals surface area contributed by atoms with Crippen molar-refractivity contribution < 1.29 is 4.79 Å². The number of pyridine rings is 1. The van der Waals surface area contributed by atoms with Crippen LogP contribution in [0.25, 0.3) is 0 Å². The van der Waals surface area contributed by atoms with Gasteiger partial charge < -0.3 is 5.32 Å². The van der Waals surface area contributed by atoms with E-state index in [2.05, 4.69) is 15.3 Å². The summed E-state index contributed by atoms with van der Waals surface area (Å²) in [5, 5.41) is 7.38. The summed E-state index contributed by atoms with van der Waals surface area (Å²) < 4.78 is 0. The molecule has 1 N–H and O–H groups in total. The molecule has 2 aromatic heterocycles. The Balaban J connectivity index is 1.57. The molecule has 0 atom stereocenters. The van der Waals surface area contributed by atoms with Gasteiger partial charge in [-0.15, -0.1) is 23.1 Å². The lowest BCUT2D eigenvalue weighted by atomic mass is 10.2. The van der Waals surface area contributed by atoms with Crippen LogP contribution in [0, 0.1) is 0 Å². The largest absolute Gasteiger partial charge is 0.324 e. The highest BCUT2D eigenvalue weighted by molar-refractivity contribution is 7.98. The van der Waals surface area contributed by atoms with Crippen LogP contribution >= 0.6 is 34.7 Å². The van der Waals surface area contributed by atoms with Crippen LogP contribution in [0.1, 0.15) is 16.3 Å². The number of rotatable bonds is 6. The number of carbonyl (C=O) groups excluding carboxylic acids is 1. The van der Waals surface area contributed by atoms with Crippen LogP contribution in [-0.2, 0) is 17.6 Å². The zero-order chi connectivity index (χ0) is 17.6. The van der Waals surface area contributed by atoms with Gasteiger partial charge in [0, 0.05) is 16.8 Å². The smallest absolute Gasteiger partial charge is 0.230 e. The first kappa shape index (κ1) is 17.9. The van der Waals surface area contributed by atoms with Gasteiger partial charge in [0.1, 0.15) is 0 Å². The maximum absolute atomic E-state index is 12.2. The Morgan fingerprint density at radius 3 is 2.92 bits per heavy atom. The number of amides is 1. The molecule has 0 saturated carbocycles. The summed E-state index contributed by atoms with van der Waals surface area (Å²) in [6.45, 7) is 0. The van der Waals surface area contributed by atoms with Crippen molar-refractivity contribution in [3.05, 3.63) is 69.3 Å². The van der Waals surface area contributed by atoms with E-state index in [0.717, 1.165) is 26.3 Å². The Morgan fingerprint density at radius 1 is 1.32 bits per heavy atom. The van der Waals surface area contributed by atoms with Crippen molar-refractivity contribution in [2.75, 3.05) is 11.6 Å². The predicted octanol–water partition coefficient (Wildman–Crippen LogP) is 4.69. The summed E-state index contributed by atoms with van der Waals surface area (Å²) in [7, 11) is 0. The number of hydrogen-bond donors (Lipinski definition) is 1. The molecule has 0 aliphatic rings. The van der Waals surface area contributed by atoms with Gasteiger partial charge in [0.2, 0.25) is 5.91 Å². The van der Waals surface area contributed by atoms with Crippen molar-refractivity contribution in [3.8, 4) is 0 Å². The number of nitrogens with one attached hydrogen (secondary N) is 1. The minimum atomic E-state index is -0.0988. The molecule has 0 bridgehead atoms. The van der Waals surface area contributed by atoms with Crippen molar-refractivity contribution in [2.45, 2.75) is 17.9 Å². The molecular weight excluding hydrogens is 374 g/mol. The van der Waals surface area contributed by atoms with Gasteiger partial charge in [-0.25, -0.2) is 9.97 Å². The molecule has 25 heavy (non-hydrogen) atoms. The number of thiazole rings is 1. The molecular formula is C18H16ClN3OS2.